The summed E-state index contributed by atoms with van der Waals surface area (Å²) in [6.07, 6.45) is 0.840. The van der Waals surface area contributed by atoms with Crippen LogP contribution in [0.4, 0.5) is 5.82 Å². The van der Waals surface area contributed by atoms with E-state index < -0.39 is 0 Å². The van der Waals surface area contributed by atoms with E-state index >= 15 is 0 Å². The van der Waals surface area contributed by atoms with E-state index in [9.17, 15) is 4.79 Å². The summed E-state index contributed by atoms with van der Waals surface area (Å²) in [5.41, 5.74) is 3.67. The first-order chi connectivity index (χ1) is 11.6. The average molecular weight is 342 g/mol. The summed E-state index contributed by atoms with van der Waals surface area (Å²) < 4.78 is 1.79. The largest absolute Gasteiger partial charge is 0.298 e. The summed E-state index contributed by atoms with van der Waals surface area (Å²) in [6, 6.07) is 10.7. The Morgan fingerprint density at radius 2 is 2.12 bits per heavy atom. The van der Waals surface area contributed by atoms with Gasteiger partial charge in [0.1, 0.15) is 5.82 Å². The van der Waals surface area contributed by atoms with E-state index in [0.29, 0.717) is 0 Å². The van der Waals surface area contributed by atoms with Crippen molar-refractivity contribution in [3.05, 3.63) is 47.2 Å². The number of anilines is 1. The molecule has 2 atom stereocenters. The minimum absolute atomic E-state index is 0.114. The maximum Gasteiger partial charge on any atom is 0.245 e. The maximum absolute atomic E-state index is 12.9. The Hall–Kier alpha value is -1.79. The maximum atomic E-state index is 12.9. The number of benzene rings is 1. The van der Waals surface area contributed by atoms with Crippen LogP contribution in [0, 0.1) is 6.92 Å². The monoisotopic (exact) mass is 342 g/mol. The number of amides is 1. The highest BCUT2D eigenvalue weighted by Gasteiger charge is 2.36. The molecule has 4 rings (SSSR count). The molecule has 3 heterocycles. The van der Waals surface area contributed by atoms with Gasteiger partial charge in [-0.05, 0) is 24.5 Å². The summed E-state index contributed by atoms with van der Waals surface area (Å²) in [6.45, 7) is 2.70. The topological polar surface area (TPSA) is 50.2 Å². The number of thioether (sulfide) groups is 1. The zero-order valence-corrected chi connectivity index (χ0v) is 14.8. The van der Waals surface area contributed by atoms with Crippen LogP contribution in [0.5, 0.6) is 0 Å². The van der Waals surface area contributed by atoms with Crippen molar-refractivity contribution >= 4 is 23.5 Å². The highest BCUT2D eigenvalue weighted by Crippen LogP contribution is 2.33. The van der Waals surface area contributed by atoms with Gasteiger partial charge in [-0.1, -0.05) is 24.3 Å². The molecule has 0 bridgehead atoms. The number of aryl methyl sites for hydroxylation is 2. The van der Waals surface area contributed by atoms with Crippen LogP contribution < -0.4 is 10.2 Å². The minimum Gasteiger partial charge on any atom is -0.298 e. The standard InChI is InChI=1S/C18H22N4OS/c1-12-9-17(21(2)20-12)22-8-7-15(18(22)23)19-16-11-24-10-13-5-3-4-6-14(13)16/h3-6,9,15-16,19H,7-8,10-11H2,1-2H3/t15-,16+/m0/s1. The number of fused-ring (bicyclic) bond motifs is 1. The molecule has 1 saturated heterocycles. The molecule has 0 spiro atoms. The number of carbonyl (C=O) groups is 1. The first-order valence-corrected chi connectivity index (χ1v) is 9.52. The lowest BCUT2D eigenvalue weighted by atomic mass is 10.0. The summed E-state index contributed by atoms with van der Waals surface area (Å²) in [5.74, 6) is 3.13. The van der Waals surface area contributed by atoms with Gasteiger partial charge in [0.2, 0.25) is 5.91 Å². The van der Waals surface area contributed by atoms with Gasteiger partial charge in [-0.25, -0.2) is 0 Å². The quantitative estimate of drug-likeness (QED) is 0.931. The van der Waals surface area contributed by atoms with Gasteiger partial charge in [0, 0.05) is 37.2 Å². The Labute approximate surface area is 146 Å². The molecule has 1 fully saturated rings. The van der Waals surface area contributed by atoms with Gasteiger partial charge in [0.15, 0.2) is 0 Å². The number of aromatic nitrogens is 2. The summed E-state index contributed by atoms with van der Waals surface area (Å²) in [4.78, 5) is 14.7. The molecule has 0 aliphatic carbocycles. The highest BCUT2D eigenvalue weighted by molar-refractivity contribution is 7.98. The van der Waals surface area contributed by atoms with E-state index in [1.165, 1.54) is 11.1 Å². The van der Waals surface area contributed by atoms with Crippen molar-refractivity contribution in [2.75, 3.05) is 17.2 Å². The molecule has 1 N–H and O–H groups in total. The molecule has 24 heavy (non-hydrogen) atoms. The summed E-state index contributed by atoms with van der Waals surface area (Å²) in [5, 5.41) is 7.97. The fourth-order valence-corrected chi connectivity index (χ4v) is 4.79. The van der Waals surface area contributed by atoms with Gasteiger partial charge in [0.05, 0.1) is 11.7 Å². The van der Waals surface area contributed by atoms with Gasteiger partial charge in [0.25, 0.3) is 0 Å². The third-order valence-electron chi connectivity index (χ3n) is 4.83. The smallest absolute Gasteiger partial charge is 0.245 e. The van der Waals surface area contributed by atoms with Crippen LogP contribution in [0.15, 0.2) is 30.3 Å². The molecule has 2 aliphatic rings. The summed E-state index contributed by atoms with van der Waals surface area (Å²) in [7, 11) is 1.89. The molecule has 126 valence electrons. The molecule has 6 heteroatoms. The Kier molecular flexibility index (Phi) is 4.10. The number of nitrogens with one attached hydrogen (secondary N) is 1. The van der Waals surface area contributed by atoms with Crippen molar-refractivity contribution in [3.8, 4) is 0 Å². The highest BCUT2D eigenvalue weighted by atomic mass is 32.2. The molecule has 1 aromatic carbocycles. The van der Waals surface area contributed by atoms with E-state index in [1.807, 2.05) is 36.7 Å². The second-order valence-corrected chi connectivity index (χ2v) is 7.56. The number of nitrogens with zero attached hydrogens (tertiary/aromatic N) is 3. The van der Waals surface area contributed by atoms with Crippen molar-refractivity contribution in [2.45, 2.75) is 31.2 Å². The van der Waals surface area contributed by atoms with Crippen LogP contribution in [0.1, 0.15) is 29.3 Å². The SMILES string of the molecule is Cc1cc(N2CC[C@H](N[C@@H]3CSCc4ccccc43)C2=O)n(C)n1. The molecule has 2 aliphatic heterocycles. The number of rotatable bonds is 3. The summed E-state index contributed by atoms with van der Waals surface area (Å²) >= 11 is 1.93. The predicted octanol–water partition coefficient (Wildman–Crippen LogP) is 2.41. The second kappa shape index (κ2) is 6.26. The molecule has 0 radical (unpaired) electrons. The predicted molar refractivity (Wildman–Crippen MR) is 97.2 cm³/mol. The van der Waals surface area contributed by atoms with E-state index in [2.05, 4.69) is 34.7 Å². The van der Waals surface area contributed by atoms with Crippen molar-refractivity contribution in [1.82, 2.24) is 15.1 Å². The normalized spacial score (nSPS) is 23.6. The van der Waals surface area contributed by atoms with Gasteiger partial charge in [-0.3, -0.25) is 19.7 Å². The Morgan fingerprint density at radius 3 is 2.92 bits per heavy atom. The Balaban J connectivity index is 1.51. The molecule has 0 unspecified atom stereocenters. The lowest BCUT2D eigenvalue weighted by Gasteiger charge is -2.28. The fraction of sp³-hybridized carbons (Fsp3) is 0.444. The Morgan fingerprint density at radius 1 is 1.29 bits per heavy atom. The third kappa shape index (κ3) is 2.74. The molecule has 0 saturated carbocycles. The minimum atomic E-state index is -0.114. The van der Waals surface area contributed by atoms with Crippen LogP contribution in [-0.4, -0.2) is 34.0 Å². The van der Waals surface area contributed by atoms with Crippen LogP contribution >= 0.6 is 11.8 Å². The zero-order valence-electron chi connectivity index (χ0n) is 14.0. The van der Waals surface area contributed by atoms with Crippen molar-refractivity contribution in [3.63, 3.8) is 0 Å². The molecule has 5 nitrogen and oxygen atoms in total. The van der Waals surface area contributed by atoms with Gasteiger partial charge < -0.3 is 0 Å². The van der Waals surface area contributed by atoms with E-state index in [-0.39, 0.29) is 18.0 Å². The van der Waals surface area contributed by atoms with Crippen LogP contribution in [0.25, 0.3) is 0 Å². The van der Waals surface area contributed by atoms with Gasteiger partial charge >= 0.3 is 0 Å². The first kappa shape index (κ1) is 15.7. The van der Waals surface area contributed by atoms with Crippen LogP contribution in [-0.2, 0) is 17.6 Å². The van der Waals surface area contributed by atoms with Crippen molar-refractivity contribution in [2.24, 2.45) is 7.05 Å². The van der Waals surface area contributed by atoms with Gasteiger partial charge in [-0.2, -0.15) is 16.9 Å². The second-order valence-electron chi connectivity index (χ2n) is 6.53. The first-order valence-electron chi connectivity index (χ1n) is 8.37. The molecular weight excluding hydrogens is 320 g/mol. The Bertz CT molecular complexity index is 772. The number of hydrogen-bond donors (Lipinski definition) is 1. The number of hydrogen-bond acceptors (Lipinski definition) is 4. The third-order valence-corrected chi connectivity index (χ3v) is 5.92. The number of carbonyl (C=O) groups excluding carboxylic acids is 1. The zero-order chi connectivity index (χ0) is 16.7. The van der Waals surface area contributed by atoms with Gasteiger partial charge in [-0.15, -0.1) is 0 Å². The molecule has 2 aromatic rings. The van der Waals surface area contributed by atoms with Crippen molar-refractivity contribution < 1.29 is 4.79 Å². The molecular formula is C18H22N4OS. The van der Waals surface area contributed by atoms with E-state index in [0.717, 1.165) is 36.0 Å². The molecule has 1 aromatic heterocycles. The lowest BCUT2D eigenvalue weighted by molar-refractivity contribution is -0.119. The fourth-order valence-electron chi connectivity index (χ4n) is 3.67. The van der Waals surface area contributed by atoms with Crippen molar-refractivity contribution in [1.29, 1.82) is 0 Å². The lowest BCUT2D eigenvalue weighted by Crippen LogP contribution is -2.42. The van der Waals surface area contributed by atoms with E-state index in [4.69, 9.17) is 0 Å². The van der Waals surface area contributed by atoms with Crippen LogP contribution in [0.2, 0.25) is 0 Å². The average Bonchev–Trinajstić information content (AvgIpc) is 3.10. The molecule has 1 amide bonds. The van der Waals surface area contributed by atoms with E-state index in [1.54, 1.807) is 4.68 Å². The van der Waals surface area contributed by atoms with Crippen LogP contribution in [0.3, 0.4) is 0 Å².